The third-order valence-electron chi connectivity index (χ3n) is 5.52. The zero-order valence-corrected chi connectivity index (χ0v) is 17.9. The molecule has 2 amide bonds. The number of aromatic amines is 1. The zero-order valence-electron chi connectivity index (χ0n) is 17.1. The Morgan fingerprint density at radius 3 is 2.55 bits per heavy atom. The van der Waals surface area contributed by atoms with Crippen LogP contribution in [0.1, 0.15) is 23.2 Å². The maximum absolute atomic E-state index is 13.1. The van der Waals surface area contributed by atoms with E-state index in [9.17, 15) is 9.59 Å². The number of para-hydroxylation sites is 2. The average Bonchev–Trinajstić information content (AvgIpc) is 3.29. The van der Waals surface area contributed by atoms with Crippen LogP contribution in [0, 0.1) is 5.92 Å². The van der Waals surface area contributed by atoms with Crippen LogP contribution in [0.2, 0.25) is 5.02 Å². The first kappa shape index (κ1) is 20.9. The second kappa shape index (κ2) is 9.22. The molecule has 2 N–H and O–H groups in total. The van der Waals surface area contributed by atoms with E-state index in [-0.39, 0.29) is 17.7 Å². The Kier molecular flexibility index (Phi) is 6.23. The van der Waals surface area contributed by atoms with Gasteiger partial charge in [0.1, 0.15) is 5.75 Å². The summed E-state index contributed by atoms with van der Waals surface area (Å²) in [7, 11) is 1.57. The number of halogens is 1. The SMILES string of the molecule is COc1ccccc1NC(=O)C1CCN(C(=O)c2cn[nH]c2-c2ccc(Cl)cc2)CC1. The number of amides is 2. The van der Waals surface area contributed by atoms with E-state index in [1.54, 1.807) is 36.4 Å². The molecule has 0 aliphatic carbocycles. The van der Waals surface area contributed by atoms with Gasteiger partial charge >= 0.3 is 0 Å². The highest BCUT2D eigenvalue weighted by Crippen LogP contribution is 2.28. The molecule has 4 rings (SSSR count). The van der Waals surface area contributed by atoms with Gasteiger partial charge in [-0.15, -0.1) is 0 Å². The van der Waals surface area contributed by atoms with Crippen molar-refractivity contribution in [3.8, 4) is 17.0 Å². The normalized spacial score (nSPS) is 14.3. The molecule has 160 valence electrons. The summed E-state index contributed by atoms with van der Waals surface area (Å²) in [5, 5.41) is 10.5. The van der Waals surface area contributed by atoms with Crippen molar-refractivity contribution in [2.75, 3.05) is 25.5 Å². The van der Waals surface area contributed by atoms with Crippen molar-refractivity contribution in [3.63, 3.8) is 0 Å². The van der Waals surface area contributed by atoms with E-state index in [0.29, 0.717) is 53.6 Å². The van der Waals surface area contributed by atoms with Gasteiger partial charge in [0.2, 0.25) is 5.91 Å². The van der Waals surface area contributed by atoms with E-state index in [1.165, 1.54) is 0 Å². The number of benzene rings is 2. The molecule has 8 heteroatoms. The van der Waals surface area contributed by atoms with Gasteiger partial charge in [0.05, 0.1) is 30.3 Å². The highest BCUT2D eigenvalue weighted by molar-refractivity contribution is 6.30. The summed E-state index contributed by atoms with van der Waals surface area (Å²) < 4.78 is 5.29. The van der Waals surface area contributed by atoms with Gasteiger partial charge in [-0.25, -0.2) is 0 Å². The number of nitrogens with zero attached hydrogens (tertiary/aromatic N) is 2. The highest BCUT2D eigenvalue weighted by atomic mass is 35.5. The summed E-state index contributed by atoms with van der Waals surface area (Å²) in [6, 6.07) is 14.6. The minimum atomic E-state index is -0.158. The van der Waals surface area contributed by atoms with Crippen LogP contribution in [-0.4, -0.2) is 47.1 Å². The Labute approximate surface area is 185 Å². The number of ether oxygens (including phenoxy) is 1. The van der Waals surface area contributed by atoms with Crippen LogP contribution in [0.4, 0.5) is 5.69 Å². The van der Waals surface area contributed by atoms with E-state index in [0.717, 1.165) is 5.56 Å². The maximum atomic E-state index is 13.1. The highest BCUT2D eigenvalue weighted by Gasteiger charge is 2.29. The minimum Gasteiger partial charge on any atom is -0.495 e. The molecule has 0 radical (unpaired) electrons. The van der Waals surface area contributed by atoms with Gasteiger partial charge in [0, 0.05) is 29.6 Å². The lowest BCUT2D eigenvalue weighted by Crippen LogP contribution is -2.41. The van der Waals surface area contributed by atoms with Crippen LogP contribution in [0.15, 0.2) is 54.7 Å². The zero-order chi connectivity index (χ0) is 21.8. The van der Waals surface area contributed by atoms with E-state index in [4.69, 9.17) is 16.3 Å². The molecule has 1 aromatic heterocycles. The lowest BCUT2D eigenvalue weighted by atomic mass is 9.95. The Balaban J connectivity index is 1.39. The van der Waals surface area contributed by atoms with Crippen molar-refractivity contribution in [1.29, 1.82) is 0 Å². The fourth-order valence-electron chi connectivity index (χ4n) is 3.78. The molecule has 0 unspecified atom stereocenters. The van der Waals surface area contributed by atoms with Gasteiger partial charge in [-0.2, -0.15) is 5.10 Å². The predicted octanol–water partition coefficient (Wildman–Crippen LogP) is 4.23. The fourth-order valence-corrected chi connectivity index (χ4v) is 3.91. The lowest BCUT2D eigenvalue weighted by Gasteiger charge is -2.31. The van der Waals surface area contributed by atoms with Gasteiger partial charge < -0.3 is 15.0 Å². The van der Waals surface area contributed by atoms with E-state index in [1.807, 2.05) is 30.3 Å². The van der Waals surface area contributed by atoms with Gasteiger partial charge in [0.25, 0.3) is 5.91 Å². The number of methoxy groups -OCH3 is 1. The number of carbonyl (C=O) groups excluding carboxylic acids is 2. The Hall–Kier alpha value is -3.32. The topological polar surface area (TPSA) is 87.3 Å². The number of anilines is 1. The predicted molar refractivity (Wildman–Crippen MR) is 119 cm³/mol. The molecule has 3 aromatic rings. The average molecular weight is 439 g/mol. The smallest absolute Gasteiger partial charge is 0.257 e. The van der Waals surface area contributed by atoms with Crippen LogP contribution in [-0.2, 0) is 4.79 Å². The largest absolute Gasteiger partial charge is 0.495 e. The molecule has 1 saturated heterocycles. The van der Waals surface area contributed by atoms with Crippen LogP contribution in [0.5, 0.6) is 5.75 Å². The third kappa shape index (κ3) is 4.56. The van der Waals surface area contributed by atoms with Crippen LogP contribution in [0.3, 0.4) is 0 Å². The minimum absolute atomic E-state index is 0.0539. The number of nitrogens with one attached hydrogen (secondary N) is 2. The molecule has 31 heavy (non-hydrogen) atoms. The fraction of sp³-hybridized carbons (Fsp3) is 0.261. The third-order valence-corrected chi connectivity index (χ3v) is 5.77. The summed E-state index contributed by atoms with van der Waals surface area (Å²) in [6.07, 6.45) is 2.74. The number of carbonyl (C=O) groups is 2. The molecule has 0 atom stereocenters. The van der Waals surface area contributed by atoms with Crippen LogP contribution in [0.25, 0.3) is 11.3 Å². The van der Waals surface area contributed by atoms with Crippen molar-refractivity contribution in [2.45, 2.75) is 12.8 Å². The summed E-state index contributed by atoms with van der Waals surface area (Å²) >= 11 is 5.96. The molecule has 0 spiro atoms. The summed E-state index contributed by atoms with van der Waals surface area (Å²) in [5.41, 5.74) is 2.67. The maximum Gasteiger partial charge on any atom is 0.257 e. The van der Waals surface area contributed by atoms with E-state index < -0.39 is 0 Å². The molecule has 1 aliphatic heterocycles. The van der Waals surface area contributed by atoms with E-state index in [2.05, 4.69) is 15.5 Å². The summed E-state index contributed by atoms with van der Waals surface area (Å²) in [5.74, 6) is 0.316. The number of rotatable bonds is 5. The molecular weight excluding hydrogens is 416 g/mol. The number of likely N-dealkylation sites (tertiary alicyclic amines) is 1. The molecule has 0 bridgehead atoms. The molecular formula is C23H23ClN4O3. The number of H-pyrrole nitrogens is 1. The lowest BCUT2D eigenvalue weighted by molar-refractivity contribution is -0.121. The Morgan fingerprint density at radius 1 is 1.13 bits per heavy atom. The molecule has 2 aromatic carbocycles. The molecule has 7 nitrogen and oxygen atoms in total. The van der Waals surface area contributed by atoms with Crippen molar-refractivity contribution < 1.29 is 14.3 Å². The van der Waals surface area contributed by atoms with Crippen molar-refractivity contribution in [2.24, 2.45) is 5.92 Å². The number of piperidine rings is 1. The first-order chi connectivity index (χ1) is 15.1. The number of aromatic nitrogens is 2. The summed E-state index contributed by atoms with van der Waals surface area (Å²) in [4.78, 5) is 27.6. The van der Waals surface area contributed by atoms with Gasteiger partial charge in [-0.1, -0.05) is 35.9 Å². The second-order valence-electron chi connectivity index (χ2n) is 7.42. The van der Waals surface area contributed by atoms with Crippen LogP contribution < -0.4 is 10.1 Å². The van der Waals surface area contributed by atoms with E-state index >= 15 is 0 Å². The molecule has 1 fully saturated rings. The van der Waals surface area contributed by atoms with Gasteiger partial charge in [-0.3, -0.25) is 14.7 Å². The first-order valence-corrected chi connectivity index (χ1v) is 10.5. The van der Waals surface area contributed by atoms with Crippen LogP contribution >= 0.6 is 11.6 Å². The Morgan fingerprint density at radius 2 is 1.84 bits per heavy atom. The van der Waals surface area contributed by atoms with Gasteiger partial charge in [0.15, 0.2) is 0 Å². The monoisotopic (exact) mass is 438 g/mol. The quantitative estimate of drug-likeness (QED) is 0.624. The first-order valence-electron chi connectivity index (χ1n) is 10.1. The van der Waals surface area contributed by atoms with Gasteiger partial charge in [-0.05, 0) is 37.1 Å². The standard InChI is InChI=1S/C23H23ClN4O3/c1-31-20-5-3-2-4-19(20)26-22(29)16-10-12-28(13-11-16)23(30)18-14-25-27-21(18)15-6-8-17(24)9-7-15/h2-9,14,16H,10-13H2,1H3,(H,25,27)(H,26,29). The molecule has 2 heterocycles. The Bertz CT molecular complexity index is 1070. The van der Waals surface area contributed by atoms with Crippen molar-refractivity contribution in [1.82, 2.24) is 15.1 Å². The van der Waals surface area contributed by atoms with Crippen molar-refractivity contribution in [3.05, 3.63) is 65.3 Å². The molecule has 0 saturated carbocycles. The number of hydrogen-bond acceptors (Lipinski definition) is 4. The van der Waals surface area contributed by atoms with Crippen molar-refractivity contribution >= 4 is 29.1 Å². The second-order valence-corrected chi connectivity index (χ2v) is 7.86. The summed E-state index contributed by atoms with van der Waals surface area (Å²) in [6.45, 7) is 1.02. The molecule has 1 aliphatic rings. The number of hydrogen-bond donors (Lipinski definition) is 2.